The van der Waals surface area contributed by atoms with E-state index < -0.39 is 5.82 Å². The zero-order chi connectivity index (χ0) is 15.2. The highest BCUT2D eigenvalue weighted by molar-refractivity contribution is 5.94. The Bertz CT molecular complexity index is 574. The monoisotopic (exact) mass is 289 g/mol. The SMILES string of the molecule is CC1CCCN(C(=O)c2ccc(C#CCCO)cc2F)C1. The molecule has 2 rings (SSSR count). The first kappa shape index (κ1) is 15.5. The summed E-state index contributed by atoms with van der Waals surface area (Å²) in [6.07, 6.45) is 2.44. The van der Waals surface area contributed by atoms with Crippen LogP contribution in [0.4, 0.5) is 4.39 Å². The Morgan fingerprint density at radius 2 is 2.33 bits per heavy atom. The Kier molecular flexibility index (Phi) is 5.35. The maximum absolute atomic E-state index is 14.1. The molecule has 0 bridgehead atoms. The van der Waals surface area contributed by atoms with Crippen molar-refractivity contribution >= 4 is 5.91 Å². The molecule has 4 heteroatoms. The fraction of sp³-hybridized carbons (Fsp3) is 0.471. The molecule has 1 atom stereocenters. The second kappa shape index (κ2) is 7.24. The second-order valence-corrected chi connectivity index (χ2v) is 5.47. The third-order valence-corrected chi connectivity index (χ3v) is 3.61. The standard InChI is InChI=1S/C17H20FNO2/c1-13-5-4-9-19(12-13)17(21)15-8-7-14(11-16(15)18)6-2-3-10-20/h7-8,11,13,20H,3-5,9-10,12H2,1H3. The van der Waals surface area contributed by atoms with Crippen LogP contribution in [0, 0.1) is 23.6 Å². The summed E-state index contributed by atoms with van der Waals surface area (Å²) in [5, 5.41) is 8.65. The van der Waals surface area contributed by atoms with Gasteiger partial charge < -0.3 is 10.0 Å². The van der Waals surface area contributed by atoms with Crippen LogP contribution < -0.4 is 0 Å². The Morgan fingerprint density at radius 1 is 1.52 bits per heavy atom. The van der Waals surface area contributed by atoms with E-state index in [-0.39, 0.29) is 18.1 Å². The van der Waals surface area contributed by atoms with Gasteiger partial charge in [0.15, 0.2) is 0 Å². The number of likely N-dealkylation sites (tertiary alicyclic amines) is 1. The number of aliphatic hydroxyl groups is 1. The molecule has 112 valence electrons. The number of piperidine rings is 1. The van der Waals surface area contributed by atoms with E-state index >= 15 is 0 Å². The summed E-state index contributed by atoms with van der Waals surface area (Å²) in [6.45, 7) is 3.48. The molecule has 1 unspecified atom stereocenters. The van der Waals surface area contributed by atoms with Crippen molar-refractivity contribution in [1.29, 1.82) is 0 Å². The van der Waals surface area contributed by atoms with Crippen LogP contribution in [-0.2, 0) is 0 Å². The van der Waals surface area contributed by atoms with Crippen molar-refractivity contribution in [2.24, 2.45) is 5.92 Å². The van der Waals surface area contributed by atoms with Gasteiger partial charge in [0, 0.05) is 25.1 Å². The fourth-order valence-corrected chi connectivity index (χ4v) is 2.53. The summed E-state index contributed by atoms with van der Waals surface area (Å²) in [6, 6.07) is 4.43. The van der Waals surface area contributed by atoms with Crippen LogP contribution in [0.3, 0.4) is 0 Å². The molecule has 1 fully saturated rings. The fourth-order valence-electron chi connectivity index (χ4n) is 2.53. The van der Waals surface area contributed by atoms with Gasteiger partial charge in [-0.25, -0.2) is 4.39 Å². The quantitative estimate of drug-likeness (QED) is 0.850. The van der Waals surface area contributed by atoms with E-state index in [0.29, 0.717) is 31.0 Å². The molecule has 1 N–H and O–H groups in total. The smallest absolute Gasteiger partial charge is 0.256 e. The average molecular weight is 289 g/mol. The minimum absolute atomic E-state index is 0.0147. The molecule has 1 aromatic carbocycles. The van der Waals surface area contributed by atoms with Crippen LogP contribution in [0.15, 0.2) is 18.2 Å². The molecule has 1 amide bonds. The van der Waals surface area contributed by atoms with E-state index in [4.69, 9.17) is 5.11 Å². The van der Waals surface area contributed by atoms with Crippen molar-refractivity contribution in [2.45, 2.75) is 26.2 Å². The third kappa shape index (κ3) is 4.05. The Morgan fingerprint density at radius 3 is 3.00 bits per heavy atom. The molecule has 1 aromatic rings. The first-order chi connectivity index (χ1) is 10.1. The van der Waals surface area contributed by atoms with Gasteiger partial charge in [0.1, 0.15) is 5.82 Å². The number of carbonyl (C=O) groups is 1. The van der Waals surface area contributed by atoms with Gasteiger partial charge >= 0.3 is 0 Å². The molecular formula is C17H20FNO2. The molecule has 0 spiro atoms. The summed E-state index contributed by atoms with van der Waals surface area (Å²) >= 11 is 0. The number of halogens is 1. The van der Waals surface area contributed by atoms with Crippen molar-refractivity contribution in [2.75, 3.05) is 19.7 Å². The first-order valence-corrected chi connectivity index (χ1v) is 7.30. The largest absolute Gasteiger partial charge is 0.395 e. The summed E-state index contributed by atoms with van der Waals surface area (Å²) in [7, 11) is 0. The van der Waals surface area contributed by atoms with E-state index in [9.17, 15) is 9.18 Å². The molecular weight excluding hydrogens is 269 g/mol. The molecule has 21 heavy (non-hydrogen) atoms. The van der Waals surface area contributed by atoms with Gasteiger partial charge in [0.2, 0.25) is 0 Å². The topological polar surface area (TPSA) is 40.5 Å². The molecule has 1 aliphatic rings. The van der Waals surface area contributed by atoms with Gasteiger partial charge in [-0.3, -0.25) is 4.79 Å². The van der Waals surface area contributed by atoms with Crippen molar-refractivity contribution in [3.63, 3.8) is 0 Å². The van der Waals surface area contributed by atoms with Gasteiger partial charge in [-0.05, 0) is 37.0 Å². The molecule has 1 heterocycles. The lowest BCUT2D eigenvalue weighted by Gasteiger charge is -2.31. The summed E-state index contributed by atoms with van der Waals surface area (Å²) in [5.74, 6) is 5.19. The minimum atomic E-state index is -0.533. The molecule has 0 radical (unpaired) electrons. The zero-order valence-corrected chi connectivity index (χ0v) is 12.2. The molecule has 1 saturated heterocycles. The summed E-state index contributed by atoms with van der Waals surface area (Å²) in [4.78, 5) is 14.1. The highest BCUT2D eigenvalue weighted by Crippen LogP contribution is 2.19. The van der Waals surface area contributed by atoms with E-state index in [1.54, 1.807) is 11.0 Å². The lowest BCUT2D eigenvalue weighted by atomic mass is 9.99. The van der Waals surface area contributed by atoms with Crippen LogP contribution in [0.2, 0.25) is 0 Å². The molecule has 3 nitrogen and oxygen atoms in total. The number of benzene rings is 1. The summed E-state index contributed by atoms with van der Waals surface area (Å²) in [5.41, 5.74) is 0.626. The van der Waals surface area contributed by atoms with Crippen LogP contribution in [0.5, 0.6) is 0 Å². The third-order valence-electron chi connectivity index (χ3n) is 3.61. The van der Waals surface area contributed by atoms with Crippen LogP contribution in [0.1, 0.15) is 42.1 Å². The average Bonchev–Trinajstić information content (AvgIpc) is 2.47. The second-order valence-electron chi connectivity index (χ2n) is 5.47. The number of nitrogens with zero attached hydrogens (tertiary/aromatic N) is 1. The van der Waals surface area contributed by atoms with Gasteiger partial charge in [0.05, 0.1) is 12.2 Å². The Hall–Kier alpha value is -1.86. The number of carbonyl (C=O) groups excluding carboxylic acids is 1. The summed E-state index contributed by atoms with van der Waals surface area (Å²) < 4.78 is 14.1. The van der Waals surface area contributed by atoms with Crippen LogP contribution in [-0.4, -0.2) is 35.6 Å². The van der Waals surface area contributed by atoms with Crippen molar-refractivity contribution < 1.29 is 14.3 Å². The highest BCUT2D eigenvalue weighted by Gasteiger charge is 2.23. The molecule has 0 aromatic heterocycles. The number of hydrogen-bond acceptors (Lipinski definition) is 2. The minimum Gasteiger partial charge on any atom is -0.395 e. The number of hydrogen-bond donors (Lipinski definition) is 1. The molecule has 0 aliphatic carbocycles. The Labute approximate surface area is 124 Å². The van der Waals surface area contributed by atoms with Gasteiger partial charge in [-0.2, -0.15) is 0 Å². The van der Waals surface area contributed by atoms with E-state index in [0.717, 1.165) is 12.8 Å². The highest BCUT2D eigenvalue weighted by atomic mass is 19.1. The predicted octanol–water partition coefficient (Wildman–Crippen LogP) is 2.43. The van der Waals surface area contributed by atoms with Crippen LogP contribution >= 0.6 is 0 Å². The van der Waals surface area contributed by atoms with Crippen molar-refractivity contribution in [1.82, 2.24) is 4.90 Å². The van der Waals surface area contributed by atoms with E-state index in [1.165, 1.54) is 12.1 Å². The van der Waals surface area contributed by atoms with Crippen molar-refractivity contribution in [3.05, 3.63) is 35.1 Å². The maximum atomic E-state index is 14.1. The van der Waals surface area contributed by atoms with Gasteiger partial charge in [0.25, 0.3) is 5.91 Å². The van der Waals surface area contributed by atoms with E-state index in [2.05, 4.69) is 18.8 Å². The van der Waals surface area contributed by atoms with Crippen molar-refractivity contribution in [3.8, 4) is 11.8 Å². The predicted molar refractivity (Wildman–Crippen MR) is 79.3 cm³/mol. The van der Waals surface area contributed by atoms with Gasteiger partial charge in [-0.15, -0.1) is 0 Å². The van der Waals surface area contributed by atoms with E-state index in [1.807, 2.05) is 0 Å². The Balaban J connectivity index is 2.13. The maximum Gasteiger partial charge on any atom is 0.256 e. The molecule has 1 aliphatic heterocycles. The number of amides is 1. The van der Waals surface area contributed by atoms with Crippen LogP contribution in [0.25, 0.3) is 0 Å². The molecule has 0 saturated carbocycles. The number of aliphatic hydroxyl groups excluding tert-OH is 1. The zero-order valence-electron chi connectivity index (χ0n) is 12.2. The lowest BCUT2D eigenvalue weighted by Crippen LogP contribution is -2.39. The van der Waals surface area contributed by atoms with Gasteiger partial charge in [-0.1, -0.05) is 18.8 Å². The normalized spacial score (nSPS) is 18.0. The number of rotatable bonds is 2. The lowest BCUT2D eigenvalue weighted by molar-refractivity contribution is 0.0678. The first-order valence-electron chi connectivity index (χ1n) is 7.30.